The highest BCUT2D eigenvalue weighted by molar-refractivity contribution is 5.72. The van der Waals surface area contributed by atoms with Crippen molar-refractivity contribution in [3.63, 3.8) is 0 Å². The molecule has 4 nitrogen and oxygen atoms in total. The van der Waals surface area contributed by atoms with Gasteiger partial charge in [-0.2, -0.15) is 18.3 Å². The fraction of sp³-hybridized carbons (Fsp3) is 0.0833. The normalized spacial score (nSPS) is 10.9. The molecule has 0 atom stereocenters. The van der Waals surface area contributed by atoms with Gasteiger partial charge in [0.05, 0.1) is 11.7 Å². The summed E-state index contributed by atoms with van der Waals surface area (Å²) in [5.41, 5.74) is 1.05. The Morgan fingerprint density at radius 3 is 2.32 bits per heavy atom. The minimum absolute atomic E-state index is 0.852. The van der Waals surface area contributed by atoms with Crippen molar-refractivity contribution in [1.82, 2.24) is 20.2 Å². The third-order valence-corrected chi connectivity index (χ3v) is 2.17. The Balaban J connectivity index is 0.000000141. The molecule has 0 bridgehead atoms. The Bertz CT molecular complexity index is 604. The fourth-order valence-corrected chi connectivity index (χ4v) is 1.31. The molecule has 98 valence electrons. The zero-order chi connectivity index (χ0) is 13.7. The number of nitrogens with one attached hydrogen (secondary N) is 1. The van der Waals surface area contributed by atoms with Crippen molar-refractivity contribution >= 4 is 11.0 Å². The van der Waals surface area contributed by atoms with Crippen LogP contribution in [-0.2, 0) is 6.18 Å². The van der Waals surface area contributed by atoms with E-state index < -0.39 is 11.9 Å². The Morgan fingerprint density at radius 1 is 0.947 bits per heavy atom. The quantitative estimate of drug-likeness (QED) is 0.680. The number of H-pyrrole nitrogens is 1. The topological polar surface area (TPSA) is 54.5 Å². The predicted octanol–water partition coefficient (Wildman–Crippen LogP) is 3.06. The van der Waals surface area contributed by atoms with Gasteiger partial charge in [0.1, 0.15) is 11.2 Å². The van der Waals surface area contributed by atoms with Gasteiger partial charge in [0.2, 0.25) is 0 Å². The van der Waals surface area contributed by atoms with Crippen molar-refractivity contribution in [3.8, 4) is 0 Å². The molecule has 7 heteroatoms. The number of aromatic nitrogens is 4. The van der Waals surface area contributed by atoms with Crippen LogP contribution in [0.3, 0.4) is 0 Å². The van der Waals surface area contributed by atoms with Crippen molar-refractivity contribution < 1.29 is 13.2 Å². The van der Waals surface area contributed by atoms with Gasteiger partial charge in [0.15, 0.2) is 0 Å². The molecule has 1 N–H and O–H groups in total. The lowest BCUT2D eigenvalue weighted by Crippen LogP contribution is -2.06. The van der Waals surface area contributed by atoms with E-state index in [9.17, 15) is 13.2 Å². The number of halogens is 3. The third kappa shape index (κ3) is 3.51. The van der Waals surface area contributed by atoms with Crippen molar-refractivity contribution in [1.29, 1.82) is 0 Å². The van der Waals surface area contributed by atoms with Crippen LogP contribution in [0.15, 0.2) is 48.9 Å². The summed E-state index contributed by atoms with van der Waals surface area (Å²) in [7, 11) is 0. The average Bonchev–Trinajstić information content (AvgIpc) is 2.88. The number of alkyl halides is 3. The number of fused-ring (bicyclic) bond motifs is 1. The second-order valence-corrected chi connectivity index (χ2v) is 3.52. The maximum Gasteiger partial charge on any atom is 0.433 e. The van der Waals surface area contributed by atoms with Crippen molar-refractivity contribution in [3.05, 3.63) is 54.6 Å². The number of hydrogen-bond donors (Lipinski definition) is 1. The number of hydrogen-bond acceptors (Lipinski definition) is 3. The van der Waals surface area contributed by atoms with Crippen LogP contribution in [0.1, 0.15) is 5.69 Å². The molecule has 0 fully saturated rings. The first-order valence-electron chi connectivity index (χ1n) is 5.30. The van der Waals surface area contributed by atoms with Gasteiger partial charge in [0.25, 0.3) is 0 Å². The van der Waals surface area contributed by atoms with E-state index in [2.05, 4.69) is 20.2 Å². The summed E-state index contributed by atoms with van der Waals surface area (Å²) < 4.78 is 35.2. The second-order valence-electron chi connectivity index (χ2n) is 3.52. The molecular weight excluding hydrogens is 257 g/mol. The maximum atomic E-state index is 11.7. The molecule has 3 aromatic rings. The minimum atomic E-state index is -4.32. The minimum Gasteiger partial charge on any atom is -0.276 e. The van der Waals surface area contributed by atoms with Crippen molar-refractivity contribution in [2.24, 2.45) is 0 Å². The van der Waals surface area contributed by atoms with Crippen LogP contribution in [0, 0.1) is 0 Å². The molecule has 0 radical (unpaired) electrons. The monoisotopic (exact) mass is 266 g/mol. The summed E-state index contributed by atoms with van der Waals surface area (Å²) in [6, 6.07) is 7.49. The van der Waals surface area contributed by atoms with E-state index in [1.807, 2.05) is 12.1 Å². The second kappa shape index (κ2) is 5.47. The number of nitrogens with zero attached hydrogens (tertiary/aromatic N) is 3. The molecular formula is C12H9F3N4. The predicted molar refractivity (Wildman–Crippen MR) is 63.1 cm³/mol. The lowest BCUT2D eigenvalue weighted by Gasteiger charge is -2.02. The van der Waals surface area contributed by atoms with E-state index in [4.69, 9.17) is 0 Å². The highest BCUT2D eigenvalue weighted by Gasteiger charge is 2.31. The summed E-state index contributed by atoms with van der Waals surface area (Å²) in [6.45, 7) is 0. The molecule has 0 spiro atoms. The molecule has 3 rings (SSSR count). The Morgan fingerprint density at radius 2 is 1.74 bits per heavy atom. The van der Waals surface area contributed by atoms with Gasteiger partial charge in [-0.25, -0.2) is 0 Å². The molecule has 19 heavy (non-hydrogen) atoms. The zero-order valence-corrected chi connectivity index (χ0v) is 9.59. The molecule has 0 aliphatic heterocycles. The first-order valence-corrected chi connectivity index (χ1v) is 5.30. The summed E-state index contributed by atoms with van der Waals surface area (Å²) in [5.74, 6) is 0. The van der Waals surface area contributed by atoms with Crippen LogP contribution in [0.5, 0.6) is 0 Å². The van der Waals surface area contributed by atoms with Crippen molar-refractivity contribution in [2.75, 3.05) is 0 Å². The molecule has 0 saturated carbocycles. The maximum absolute atomic E-state index is 11.7. The largest absolute Gasteiger partial charge is 0.433 e. The van der Waals surface area contributed by atoms with Crippen LogP contribution in [0.4, 0.5) is 13.2 Å². The Labute approximate surface area is 106 Å². The summed E-state index contributed by atoms with van der Waals surface area (Å²) in [6.07, 6.45) is 0.247. The van der Waals surface area contributed by atoms with E-state index in [1.54, 1.807) is 12.4 Å². The zero-order valence-electron chi connectivity index (χ0n) is 9.59. The molecule has 3 aromatic heterocycles. The van der Waals surface area contributed by atoms with Crippen LogP contribution in [0.25, 0.3) is 11.0 Å². The highest BCUT2D eigenvalue weighted by atomic mass is 19.4. The van der Waals surface area contributed by atoms with Gasteiger partial charge in [0, 0.05) is 12.4 Å². The standard InChI is InChI=1S/C6H4F3N.C6H5N3/c7-6(8,9)5-3-1-2-4-10-5;1-2-5-6(7-3-1)4-8-9-5/h1-4H;1-4H,(H,8,9). The van der Waals surface area contributed by atoms with Gasteiger partial charge in [-0.3, -0.25) is 15.1 Å². The molecule has 0 unspecified atom stereocenters. The van der Waals surface area contributed by atoms with E-state index in [-0.39, 0.29) is 0 Å². The molecule has 3 heterocycles. The fourth-order valence-electron chi connectivity index (χ4n) is 1.31. The van der Waals surface area contributed by atoms with E-state index in [0.717, 1.165) is 23.3 Å². The summed E-state index contributed by atoms with van der Waals surface area (Å²) >= 11 is 0. The van der Waals surface area contributed by atoms with Gasteiger partial charge in [-0.15, -0.1) is 0 Å². The molecule has 0 amide bonds. The molecule has 0 aromatic carbocycles. The van der Waals surface area contributed by atoms with Gasteiger partial charge in [-0.05, 0) is 24.3 Å². The molecule has 0 aliphatic rings. The molecule has 0 saturated heterocycles. The first-order chi connectivity index (χ1) is 9.07. The Hall–Kier alpha value is -2.44. The first kappa shape index (κ1) is 13.0. The highest BCUT2D eigenvalue weighted by Crippen LogP contribution is 2.26. The van der Waals surface area contributed by atoms with E-state index in [1.165, 1.54) is 12.1 Å². The van der Waals surface area contributed by atoms with E-state index >= 15 is 0 Å². The number of aromatic amines is 1. The smallest absolute Gasteiger partial charge is 0.276 e. The third-order valence-electron chi connectivity index (χ3n) is 2.17. The number of rotatable bonds is 0. The lowest BCUT2D eigenvalue weighted by atomic mass is 10.3. The number of pyridine rings is 2. The average molecular weight is 266 g/mol. The summed E-state index contributed by atoms with van der Waals surface area (Å²) in [4.78, 5) is 7.17. The summed E-state index contributed by atoms with van der Waals surface area (Å²) in [5, 5.41) is 6.62. The van der Waals surface area contributed by atoms with Gasteiger partial charge in [-0.1, -0.05) is 6.07 Å². The van der Waals surface area contributed by atoms with Crippen LogP contribution in [-0.4, -0.2) is 20.2 Å². The van der Waals surface area contributed by atoms with Crippen molar-refractivity contribution in [2.45, 2.75) is 6.18 Å². The van der Waals surface area contributed by atoms with Gasteiger partial charge < -0.3 is 0 Å². The SMILES string of the molecule is FC(F)(F)c1ccccn1.c1cnc2cn[nH]c2c1. The Kier molecular flexibility index (Phi) is 3.74. The van der Waals surface area contributed by atoms with E-state index in [0.29, 0.717) is 0 Å². The van der Waals surface area contributed by atoms with Crippen LogP contribution in [0.2, 0.25) is 0 Å². The van der Waals surface area contributed by atoms with Gasteiger partial charge >= 0.3 is 6.18 Å². The lowest BCUT2D eigenvalue weighted by molar-refractivity contribution is -0.141. The molecule has 0 aliphatic carbocycles. The van der Waals surface area contributed by atoms with Crippen LogP contribution < -0.4 is 0 Å². The van der Waals surface area contributed by atoms with Crippen LogP contribution >= 0.6 is 0 Å².